The first-order valence-electron chi connectivity index (χ1n) is 7.93. The van der Waals surface area contributed by atoms with Crippen LogP contribution < -0.4 is 11.1 Å². The number of benzene rings is 2. The second-order valence-corrected chi connectivity index (χ2v) is 5.84. The number of carbonyl (C=O) groups excluding carboxylic acids is 1. The zero-order chi connectivity index (χ0) is 17.4. The predicted molar refractivity (Wildman–Crippen MR) is 91.0 cm³/mol. The van der Waals surface area contributed by atoms with E-state index in [9.17, 15) is 13.6 Å². The molecule has 5 heteroatoms. The van der Waals surface area contributed by atoms with Crippen LogP contribution in [0.25, 0.3) is 0 Å². The van der Waals surface area contributed by atoms with Gasteiger partial charge in [0.05, 0.1) is 13.1 Å². The highest BCUT2D eigenvalue weighted by molar-refractivity contribution is 5.77. The van der Waals surface area contributed by atoms with Crippen LogP contribution in [0.3, 0.4) is 0 Å². The lowest BCUT2D eigenvalue weighted by Gasteiger charge is -2.19. The van der Waals surface area contributed by atoms with E-state index in [-0.39, 0.29) is 12.3 Å². The molecule has 2 aromatic rings. The van der Waals surface area contributed by atoms with E-state index < -0.39 is 24.9 Å². The van der Waals surface area contributed by atoms with Crippen LogP contribution in [0.15, 0.2) is 60.7 Å². The third kappa shape index (κ3) is 5.74. The number of nitrogens with two attached hydrogens (primary N) is 1. The highest BCUT2D eigenvalue weighted by Gasteiger charge is 2.27. The van der Waals surface area contributed by atoms with Crippen molar-refractivity contribution in [2.45, 2.75) is 24.7 Å². The highest BCUT2D eigenvalue weighted by atomic mass is 19.3. The smallest absolute Gasteiger partial charge is 0.277 e. The molecule has 0 aliphatic heterocycles. The molecule has 3 N–H and O–H groups in total. The van der Waals surface area contributed by atoms with Crippen LogP contribution in [-0.4, -0.2) is 24.9 Å². The van der Waals surface area contributed by atoms with Gasteiger partial charge in [-0.15, -0.1) is 0 Å². The van der Waals surface area contributed by atoms with E-state index in [2.05, 4.69) is 5.32 Å². The minimum Gasteiger partial charge on any atom is -0.350 e. The van der Waals surface area contributed by atoms with Crippen molar-refractivity contribution in [3.63, 3.8) is 0 Å². The van der Waals surface area contributed by atoms with Crippen LogP contribution in [0.4, 0.5) is 8.78 Å². The number of hydrogen-bond acceptors (Lipinski definition) is 2. The molecule has 1 unspecified atom stereocenters. The molecule has 0 radical (unpaired) electrons. The van der Waals surface area contributed by atoms with E-state index in [0.717, 1.165) is 11.1 Å². The number of rotatable bonds is 8. The molecule has 0 heterocycles. The first-order chi connectivity index (χ1) is 11.5. The molecular formula is C19H22F2N2O. The first-order valence-corrected chi connectivity index (χ1v) is 7.93. The van der Waals surface area contributed by atoms with Crippen molar-refractivity contribution >= 4 is 5.91 Å². The Morgan fingerprint density at radius 2 is 1.62 bits per heavy atom. The molecular weight excluding hydrogens is 310 g/mol. The normalized spacial score (nSPS) is 12.6. The van der Waals surface area contributed by atoms with E-state index in [1.807, 2.05) is 60.7 Å². The Morgan fingerprint density at radius 3 is 2.21 bits per heavy atom. The predicted octanol–water partition coefficient (Wildman–Crippen LogP) is 3.11. The fourth-order valence-corrected chi connectivity index (χ4v) is 2.53. The topological polar surface area (TPSA) is 55.1 Å². The van der Waals surface area contributed by atoms with Gasteiger partial charge in [-0.3, -0.25) is 4.79 Å². The molecule has 0 bridgehead atoms. The Bertz CT molecular complexity index is 632. The zero-order valence-corrected chi connectivity index (χ0v) is 13.4. The minimum atomic E-state index is -3.07. The van der Waals surface area contributed by atoms with Crippen molar-refractivity contribution < 1.29 is 13.6 Å². The van der Waals surface area contributed by atoms with E-state index in [0.29, 0.717) is 6.42 Å². The lowest BCUT2D eigenvalue weighted by atomic mass is 9.89. The van der Waals surface area contributed by atoms with Crippen LogP contribution in [-0.2, 0) is 11.2 Å². The van der Waals surface area contributed by atoms with E-state index in [4.69, 9.17) is 5.73 Å². The molecule has 0 aliphatic rings. The van der Waals surface area contributed by atoms with Crippen molar-refractivity contribution in [1.29, 1.82) is 0 Å². The number of alkyl halides is 2. The first kappa shape index (κ1) is 18.1. The van der Waals surface area contributed by atoms with Gasteiger partial charge in [0, 0.05) is 6.42 Å². The Hall–Kier alpha value is -2.27. The van der Waals surface area contributed by atoms with Crippen LogP contribution in [0.1, 0.15) is 23.5 Å². The summed E-state index contributed by atoms with van der Waals surface area (Å²) in [6, 6.07) is 19.4. The largest absolute Gasteiger partial charge is 0.350 e. The molecule has 1 amide bonds. The van der Waals surface area contributed by atoms with Gasteiger partial charge in [0.1, 0.15) is 0 Å². The summed E-state index contributed by atoms with van der Waals surface area (Å²) in [4.78, 5) is 12.1. The van der Waals surface area contributed by atoms with Crippen molar-refractivity contribution in [3.8, 4) is 0 Å². The SMILES string of the molecule is NCC(F)(F)CNC(=O)CC(Cc1ccccc1)c1ccccc1. The van der Waals surface area contributed by atoms with E-state index in [1.54, 1.807) is 0 Å². The van der Waals surface area contributed by atoms with Crippen molar-refractivity contribution in [2.75, 3.05) is 13.1 Å². The maximum absolute atomic E-state index is 13.2. The third-order valence-electron chi connectivity index (χ3n) is 3.87. The maximum Gasteiger partial charge on any atom is 0.277 e. The average molecular weight is 332 g/mol. The summed E-state index contributed by atoms with van der Waals surface area (Å²) in [6.07, 6.45) is 0.825. The lowest BCUT2D eigenvalue weighted by Crippen LogP contribution is -2.41. The van der Waals surface area contributed by atoms with Gasteiger partial charge in [0.2, 0.25) is 5.91 Å². The van der Waals surface area contributed by atoms with E-state index >= 15 is 0 Å². The Balaban J connectivity index is 2.05. The lowest BCUT2D eigenvalue weighted by molar-refractivity contribution is -0.123. The molecule has 24 heavy (non-hydrogen) atoms. The third-order valence-corrected chi connectivity index (χ3v) is 3.87. The maximum atomic E-state index is 13.2. The van der Waals surface area contributed by atoms with Gasteiger partial charge in [-0.2, -0.15) is 0 Å². The van der Waals surface area contributed by atoms with Gasteiger partial charge in [-0.05, 0) is 23.5 Å². The molecule has 0 saturated heterocycles. The molecule has 0 spiro atoms. The van der Waals surface area contributed by atoms with Gasteiger partial charge >= 0.3 is 0 Å². The summed E-state index contributed by atoms with van der Waals surface area (Å²) in [5.41, 5.74) is 7.10. The summed E-state index contributed by atoms with van der Waals surface area (Å²) in [5, 5.41) is 2.29. The summed E-state index contributed by atoms with van der Waals surface area (Å²) in [5.74, 6) is -3.54. The number of carbonyl (C=O) groups is 1. The fourth-order valence-electron chi connectivity index (χ4n) is 2.53. The Morgan fingerprint density at radius 1 is 1.04 bits per heavy atom. The Labute approximate surface area is 140 Å². The molecule has 0 aliphatic carbocycles. The Kier molecular flexibility index (Phi) is 6.44. The van der Waals surface area contributed by atoms with Gasteiger partial charge in [0.15, 0.2) is 0 Å². The molecule has 128 valence electrons. The molecule has 0 aromatic heterocycles. The fraction of sp³-hybridized carbons (Fsp3) is 0.316. The minimum absolute atomic E-state index is 0.0694. The van der Waals surface area contributed by atoms with Crippen molar-refractivity contribution in [1.82, 2.24) is 5.32 Å². The van der Waals surface area contributed by atoms with Gasteiger partial charge in [-0.25, -0.2) is 8.78 Å². The number of nitrogens with one attached hydrogen (secondary N) is 1. The van der Waals surface area contributed by atoms with Crippen LogP contribution in [0, 0.1) is 0 Å². The van der Waals surface area contributed by atoms with Crippen molar-refractivity contribution in [2.24, 2.45) is 5.73 Å². The van der Waals surface area contributed by atoms with Gasteiger partial charge < -0.3 is 11.1 Å². The summed E-state index contributed by atoms with van der Waals surface area (Å²) in [6.45, 7) is -1.51. The molecule has 2 aromatic carbocycles. The second-order valence-electron chi connectivity index (χ2n) is 5.84. The van der Waals surface area contributed by atoms with Gasteiger partial charge in [-0.1, -0.05) is 60.7 Å². The van der Waals surface area contributed by atoms with Crippen LogP contribution >= 0.6 is 0 Å². The van der Waals surface area contributed by atoms with Crippen LogP contribution in [0.2, 0.25) is 0 Å². The van der Waals surface area contributed by atoms with Crippen molar-refractivity contribution in [3.05, 3.63) is 71.8 Å². The summed E-state index contributed by atoms with van der Waals surface area (Å²) >= 11 is 0. The highest BCUT2D eigenvalue weighted by Crippen LogP contribution is 2.24. The quantitative estimate of drug-likeness (QED) is 0.780. The number of halogens is 2. The number of amides is 1. The van der Waals surface area contributed by atoms with Gasteiger partial charge in [0.25, 0.3) is 5.92 Å². The summed E-state index contributed by atoms with van der Waals surface area (Å²) in [7, 11) is 0. The van der Waals surface area contributed by atoms with Crippen LogP contribution in [0.5, 0.6) is 0 Å². The standard InChI is InChI=1S/C19H22F2N2O/c20-19(21,13-22)14-23-18(24)12-17(16-9-5-2-6-10-16)11-15-7-3-1-4-8-15/h1-10,17H,11-14,22H2,(H,23,24). The zero-order valence-electron chi connectivity index (χ0n) is 13.4. The monoisotopic (exact) mass is 332 g/mol. The second kappa shape index (κ2) is 8.55. The molecule has 2 rings (SSSR count). The summed E-state index contributed by atoms with van der Waals surface area (Å²) < 4.78 is 26.4. The molecule has 0 fully saturated rings. The molecule has 1 atom stereocenters. The van der Waals surface area contributed by atoms with E-state index in [1.165, 1.54) is 0 Å². The molecule has 0 saturated carbocycles. The molecule has 3 nitrogen and oxygen atoms in total. The average Bonchev–Trinajstić information content (AvgIpc) is 2.61. The number of hydrogen-bond donors (Lipinski definition) is 2.